The molecule has 0 atom stereocenters. The maximum Gasteiger partial charge on any atom is 0.276 e. The Kier molecular flexibility index (Phi) is 4.42. The molecule has 6 nitrogen and oxygen atoms in total. The Morgan fingerprint density at radius 2 is 1.93 bits per heavy atom. The molecule has 4 rings (SSSR count). The van der Waals surface area contributed by atoms with Gasteiger partial charge in [0.1, 0.15) is 5.82 Å². The Hall–Kier alpha value is -3.48. The molecule has 4 aromatic rings. The number of nitrogens with one attached hydrogen (secondary N) is 1. The van der Waals surface area contributed by atoms with Crippen molar-refractivity contribution in [3.05, 3.63) is 71.7 Å². The number of hydrogen-bond acceptors (Lipinski definition) is 5. The summed E-state index contributed by atoms with van der Waals surface area (Å²) in [7, 11) is 1.51. The molecule has 0 bridgehead atoms. The summed E-state index contributed by atoms with van der Waals surface area (Å²) in [6.07, 6.45) is 0. The van der Waals surface area contributed by atoms with Crippen LogP contribution in [0.5, 0.6) is 5.88 Å². The van der Waals surface area contributed by atoms with Gasteiger partial charge < -0.3 is 10.1 Å². The van der Waals surface area contributed by atoms with Gasteiger partial charge in [0, 0.05) is 17.6 Å². The number of methoxy groups -OCH3 is 1. The molecule has 0 radical (unpaired) electrons. The molecule has 0 aliphatic carbocycles. The van der Waals surface area contributed by atoms with Crippen molar-refractivity contribution in [3.63, 3.8) is 0 Å². The molecule has 136 valence electrons. The van der Waals surface area contributed by atoms with Gasteiger partial charge >= 0.3 is 0 Å². The zero-order valence-corrected chi connectivity index (χ0v) is 15.0. The number of aryl methyl sites for hydroxylation is 1. The summed E-state index contributed by atoms with van der Waals surface area (Å²) >= 11 is 0. The van der Waals surface area contributed by atoms with Crippen molar-refractivity contribution in [3.8, 4) is 11.8 Å². The molecule has 0 saturated carbocycles. The molecule has 2 aromatic heterocycles. The van der Waals surface area contributed by atoms with Gasteiger partial charge in [-0.05, 0) is 36.8 Å². The van der Waals surface area contributed by atoms with E-state index in [4.69, 9.17) is 4.74 Å². The predicted octanol–water partition coefficient (Wildman–Crippen LogP) is 3.88. The minimum Gasteiger partial charge on any atom is -0.477 e. The SMILES string of the molecule is COc1nnc(-n2c(C)cc3ccccc32)nc1NCc1cccc(F)c1. The zero-order valence-electron chi connectivity index (χ0n) is 15.0. The van der Waals surface area contributed by atoms with E-state index in [-0.39, 0.29) is 11.7 Å². The summed E-state index contributed by atoms with van der Waals surface area (Å²) < 4.78 is 20.6. The average Bonchev–Trinajstić information content (AvgIpc) is 3.02. The lowest BCUT2D eigenvalue weighted by molar-refractivity contribution is 0.391. The first-order valence-corrected chi connectivity index (χ1v) is 8.50. The first-order valence-electron chi connectivity index (χ1n) is 8.50. The van der Waals surface area contributed by atoms with Crippen LogP contribution in [0.3, 0.4) is 0 Å². The number of fused-ring (bicyclic) bond motifs is 1. The van der Waals surface area contributed by atoms with E-state index in [0.29, 0.717) is 18.3 Å². The van der Waals surface area contributed by atoms with Gasteiger partial charge in [-0.15, -0.1) is 10.2 Å². The lowest BCUT2D eigenvalue weighted by Gasteiger charge is -2.12. The Morgan fingerprint density at radius 1 is 1.07 bits per heavy atom. The number of rotatable bonds is 5. The van der Waals surface area contributed by atoms with E-state index in [9.17, 15) is 4.39 Å². The fraction of sp³-hybridized carbons (Fsp3) is 0.150. The molecule has 0 amide bonds. The first-order chi connectivity index (χ1) is 13.2. The quantitative estimate of drug-likeness (QED) is 0.583. The standard InChI is InChI=1S/C20H18FN5O/c1-13-10-15-7-3-4-9-17(15)26(13)20-23-18(19(27-2)24-25-20)22-12-14-6-5-8-16(21)11-14/h3-11H,12H2,1-2H3,(H,22,23,25). The summed E-state index contributed by atoms with van der Waals surface area (Å²) in [5.41, 5.74) is 2.79. The lowest BCUT2D eigenvalue weighted by atomic mass is 10.2. The molecular weight excluding hydrogens is 345 g/mol. The Bertz CT molecular complexity index is 1110. The summed E-state index contributed by atoms with van der Waals surface area (Å²) in [6.45, 7) is 2.38. The first kappa shape index (κ1) is 17.0. The van der Waals surface area contributed by atoms with E-state index in [1.165, 1.54) is 19.2 Å². The van der Waals surface area contributed by atoms with E-state index in [1.54, 1.807) is 6.07 Å². The highest BCUT2D eigenvalue weighted by molar-refractivity contribution is 5.82. The average molecular weight is 363 g/mol. The van der Waals surface area contributed by atoms with Crippen LogP contribution in [-0.4, -0.2) is 26.9 Å². The van der Waals surface area contributed by atoms with Crippen LogP contribution in [-0.2, 0) is 6.54 Å². The van der Waals surface area contributed by atoms with Crippen LogP contribution < -0.4 is 10.1 Å². The molecule has 2 heterocycles. The minimum absolute atomic E-state index is 0.280. The van der Waals surface area contributed by atoms with Gasteiger partial charge in [-0.3, -0.25) is 4.57 Å². The van der Waals surface area contributed by atoms with Crippen LogP contribution >= 0.6 is 0 Å². The van der Waals surface area contributed by atoms with Gasteiger partial charge in [-0.2, -0.15) is 4.98 Å². The molecule has 1 N–H and O–H groups in total. The van der Waals surface area contributed by atoms with E-state index in [2.05, 4.69) is 26.6 Å². The summed E-state index contributed by atoms with van der Waals surface area (Å²) in [5.74, 6) is 0.890. The Morgan fingerprint density at radius 3 is 2.74 bits per heavy atom. The highest BCUT2D eigenvalue weighted by atomic mass is 19.1. The number of nitrogens with zero attached hydrogens (tertiary/aromatic N) is 4. The monoisotopic (exact) mass is 363 g/mol. The molecule has 7 heteroatoms. The van der Waals surface area contributed by atoms with Crippen LogP contribution in [0.25, 0.3) is 16.9 Å². The second-order valence-corrected chi connectivity index (χ2v) is 6.13. The van der Waals surface area contributed by atoms with E-state index < -0.39 is 0 Å². The topological polar surface area (TPSA) is 64.9 Å². The van der Waals surface area contributed by atoms with Gasteiger partial charge in [-0.25, -0.2) is 4.39 Å². The lowest BCUT2D eigenvalue weighted by Crippen LogP contribution is -2.11. The summed E-state index contributed by atoms with van der Waals surface area (Å²) in [5, 5.41) is 12.6. The van der Waals surface area contributed by atoms with Crippen molar-refractivity contribution in [2.45, 2.75) is 13.5 Å². The smallest absolute Gasteiger partial charge is 0.276 e. The van der Waals surface area contributed by atoms with Crippen molar-refractivity contribution < 1.29 is 9.13 Å². The van der Waals surface area contributed by atoms with E-state index in [0.717, 1.165) is 22.2 Å². The second kappa shape index (κ2) is 7.03. The molecule has 0 saturated heterocycles. The number of halogens is 1. The molecule has 0 unspecified atom stereocenters. The van der Waals surface area contributed by atoms with Crippen LogP contribution in [0.2, 0.25) is 0 Å². The van der Waals surface area contributed by atoms with Crippen molar-refractivity contribution in [2.75, 3.05) is 12.4 Å². The maximum absolute atomic E-state index is 13.4. The maximum atomic E-state index is 13.4. The summed E-state index contributed by atoms with van der Waals surface area (Å²) in [6, 6.07) is 16.5. The Labute approximate surface area is 155 Å². The third-order valence-electron chi connectivity index (χ3n) is 4.28. The van der Waals surface area contributed by atoms with Gasteiger partial charge in [-0.1, -0.05) is 30.3 Å². The van der Waals surface area contributed by atoms with Gasteiger partial charge in [0.2, 0.25) is 0 Å². The van der Waals surface area contributed by atoms with Crippen LogP contribution in [0.4, 0.5) is 10.2 Å². The van der Waals surface area contributed by atoms with Crippen LogP contribution in [0.15, 0.2) is 54.6 Å². The number of benzene rings is 2. The molecule has 0 spiro atoms. The normalized spacial score (nSPS) is 10.9. The highest BCUT2D eigenvalue weighted by Crippen LogP contribution is 2.25. The Balaban J connectivity index is 1.71. The van der Waals surface area contributed by atoms with Gasteiger partial charge in [0.15, 0.2) is 5.82 Å². The number of aromatic nitrogens is 4. The molecule has 0 aliphatic heterocycles. The zero-order chi connectivity index (χ0) is 18.8. The largest absolute Gasteiger partial charge is 0.477 e. The van der Waals surface area contributed by atoms with Gasteiger partial charge in [0.05, 0.1) is 12.6 Å². The molecule has 2 aromatic carbocycles. The molecule has 27 heavy (non-hydrogen) atoms. The van der Waals surface area contributed by atoms with Crippen LogP contribution in [0, 0.1) is 12.7 Å². The minimum atomic E-state index is -0.280. The highest BCUT2D eigenvalue weighted by Gasteiger charge is 2.14. The van der Waals surface area contributed by atoms with Crippen molar-refractivity contribution >= 4 is 16.7 Å². The molecular formula is C20H18FN5O. The molecule has 0 fully saturated rings. The fourth-order valence-electron chi connectivity index (χ4n) is 3.05. The third kappa shape index (κ3) is 3.31. The number of para-hydroxylation sites is 1. The van der Waals surface area contributed by atoms with E-state index in [1.807, 2.05) is 41.8 Å². The van der Waals surface area contributed by atoms with Crippen LogP contribution in [0.1, 0.15) is 11.3 Å². The fourth-order valence-corrected chi connectivity index (χ4v) is 3.05. The second-order valence-electron chi connectivity index (χ2n) is 6.13. The number of hydrogen-bond donors (Lipinski definition) is 1. The van der Waals surface area contributed by atoms with E-state index >= 15 is 0 Å². The number of anilines is 1. The summed E-state index contributed by atoms with van der Waals surface area (Å²) in [4.78, 5) is 4.59. The van der Waals surface area contributed by atoms with Crippen molar-refractivity contribution in [1.82, 2.24) is 19.7 Å². The predicted molar refractivity (Wildman–Crippen MR) is 102 cm³/mol. The molecule has 0 aliphatic rings. The van der Waals surface area contributed by atoms with Crippen molar-refractivity contribution in [1.29, 1.82) is 0 Å². The van der Waals surface area contributed by atoms with Crippen molar-refractivity contribution in [2.24, 2.45) is 0 Å². The third-order valence-corrected chi connectivity index (χ3v) is 4.28. The van der Waals surface area contributed by atoms with Gasteiger partial charge in [0.25, 0.3) is 11.8 Å². The number of ether oxygens (including phenoxy) is 1.